The maximum absolute atomic E-state index is 13.8. The molecule has 1 aliphatic heterocycles. The lowest BCUT2D eigenvalue weighted by Crippen LogP contribution is -2.28. The normalized spacial score (nSPS) is 16.2. The van der Waals surface area contributed by atoms with Crippen LogP contribution in [0, 0.1) is 11.6 Å². The van der Waals surface area contributed by atoms with Crippen LogP contribution in [-0.4, -0.2) is 40.5 Å². The second-order valence-corrected chi connectivity index (χ2v) is 6.37. The van der Waals surface area contributed by atoms with Gasteiger partial charge in [-0.25, -0.2) is 13.8 Å². The van der Waals surface area contributed by atoms with Crippen molar-refractivity contribution in [1.29, 1.82) is 0 Å². The van der Waals surface area contributed by atoms with Crippen molar-refractivity contribution < 1.29 is 8.78 Å². The number of halogens is 2. The molecule has 4 rings (SSSR count). The SMILES string of the molecule is Fc1ccc(-c2nc3ccc(F)cn3c2CN2CCCNCC2)cc1. The van der Waals surface area contributed by atoms with Gasteiger partial charge in [-0.15, -0.1) is 0 Å². The van der Waals surface area contributed by atoms with Crippen LogP contribution in [0.25, 0.3) is 16.9 Å². The summed E-state index contributed by atoms with van der Waals surface area (Å²) in [6.45, 7) is 4.56. The van der Waals surface area contributed by atoms with Crippen molar-refractivity contribution in [2.45, 2.75) is 13.0 Å². The molecule has 2 aromatic heterocycles. The van der Waals surface area contributed by atoms with Crippen molar-refractivity contribution in [1.82, 2.24) is 19.6 Å². The number of fused-ring (bicyclic) bond motifs is 1. The van der Waals surface area contributed by atoms with E-state index in [2.05, 4.69) is 15.2 Å². The van der Waals surface area contributed by atoms with Crippen LogP contribution in [0.3, 0.4) is 0 Å². The fourth-order valence-corrected chi connectivity index (χ4v) is 3.33. The van der Waals surface area contributed by atoms with E-state index in [4.69, 9.17) is 0 Å². The van der Waals surface area contributed by atoms with Crippen LogP contribution in [-0.2, 0) is 6.54 Å². The molecule has 0 aliphatic carbocycles. The van der Waals surface area contributed by atoms with Gasteiger partial charge in [0.2, 0.25) is 0 Å². The first-order valence-corrected chi connectivity index (χ1v) is 8.56. The maximum Gasteiger partial charge on any atom is 0.139 e. The average molecular weight is 342 g/mol. The lowest BCUT2D eigenvalue weighted by Gasteiger charge is -2.20. The monoisotopic (exact) mass is 342 g/mol. The fourth-order valence-electron chi connectivity index (χ4n) is 3.33. The molecule has 0 spiro atoms. The van der Waals surface area contributed by atoms with Gasteiger partial charge in [-0.2, -0.15) is 0 Å². The van der Waals surface area contributed by atoms with E-state index in [1.165, 1.54) is 24.4 Å². The Bertz CT molecular complexity index is 865. The van der Waals surface area contributed by atoms with Crippen LogP contribution in [0.15, 0.2) is 42.6 Å². The van der Waals surface area contributed by atoms with E-state index in [1.54, 1.807) is 18.2 Å². The highest BCUT2D eigenvalue weighted by Crippen LogP contribution is 2.26. The number of benzene rings is 1. The number of nitrogens with one attached hydrogen (secondary N) is 1. The number of hydrogen-bond donors (Lipinski definition) is 1. The molecule has 3 aromatic rings. The fraction of sp³-hybridized carbons (Fsp3) is 0.316. The lowest BCUT2D eigenvalue weighted by molar-refractivity contribution is 0.280. The molecule has 0 atom stereocenters. The van der Waals surface area contributed by atoms with Gasteiger partial charge in [0.05, 0.1) is 11.4 Å². The third-order valence-corrected chi connectivity index (χ3v) is 4.61. The van der Waals surface area contributed by atoms with E-state index >= 15 is 0 Å². The topological polar surface area (TPSA) is 32.6 Å². The highest BCUT2D eigenvalue weighted by atomic mass is 19.1. The summed E-state index contributed by atoms with van der Waals surface area (Å²) < 4.78 is 28.9. The number of aromatic nitrogens is 2. The van der Waals surface area contributed by atoms with Gasteiger partial charge in [0.1, 0.15) is 17.3 Å². The summed E-state index contributed by atoms with van der Waals surface area (Å²) in [4.78, 5) is 7.02. The molecule has 0 radical (unpaired) electrons. The zero-order valence-corrected chi connectivity index (χ0v) is 13.9. The molecule has 1 fully saturated rings. The zero-order valence-electron chi connectivity index (χ0n) is 13.9. The van der Waals surface area contributed by atoms with Crippen LogP contribution < -0.4 is 5.32 Å². The third-order valence-electron chi connectivity index (χ3n) is 4.61. The van der Waals surface area contributed by atoms with Crippen LogP contribution in [0.5, 0.6) is 0 Å². The standard InChI is InChI=1S/C19H20F2N4/c20-15-4-2-14(3-5-15)19-17(13-24-10-1-8-22-9-11-24)25-12-16(21)6-7-18(25)23-19/h2-7,12,22H,1,8-11,13H2. The minimum atomic E-state index is -0.297. The van der Waals surface area contributed by atoms with Gasteiger partial charge in [-0.3, -0.25) is 9.30 Å². The van der Waals surface area contributed by atoms with Crippen molar-refractivity contribution in [2.24, 2.45) is 0 Å². The summed E-state index contributed by atoms with van der Waals surface area (Å²) >= 11 is 0. The minimum Gasteiger partial charge on any atom is -0.315 e. The Morgan fingerprint density at radius 2 is 1.76 bits per heavy atom. The first-order chi connectivity index (χ1) is 12.2. The summed E-state index contributed by atoms with van der Waals surface area (Å²) in [6.07, 6.45) is 2.55. The largest absolute Gasteiger partial charge is 0.315 e. The van der Waals surface area contributed by atoms with Gasteiger partial charge in [0.15, 0.2) is 0 Å². The third kappa shape index (κ3) is 3.41. The van der Waals surface area contributed by atoms with Gasteiger partial charge in [-0.1, -0.05) is 0 Å². The Kier molecular flexibility index (Phi) is 4.46. The van der Waals surface area contributed by atoms with Gasteiger partial charge in [0, 0.05) is 31.4 Å². The molecule has 25 heavy (non-hydrogen) atoms. The van der Waals surface area contributed by atoms with E-state index in [-0.39, 0.29) is 11.6 Å². The Morgan fingerprint density at radius 3 is 2.60 bits per heavy atom. The summed E-state index contributed by atoms with van der Waals surface area (Å²) in [7, 11) is 0. The molecular weight excluding hydrogens is 322 g/mol. The van der Waals surface area contributed by atoms with Crippen LogP contribution in [0.2, 0.25) is 0 Å². The number of rotatable bonds is 3. The Labute approximate surface area is 145 Å². The summed E-state index contributed by atoms with van der Waals surface area (Å²) in [6, 6.07) is 9.40. The maximum atomic E-state index is 13.8. The summed E-state index contributed by atoms with van der Waals surface area (Å²) in [5.74, 6) is -0.576. The van der Waals surface area contributed by atoms with Gasteiger partial charge in [-0.05, 0) is 55.9 Å². The highest BCUT2D eigenvalue weighted by molar-refractivity contribution is 5.66. The Morgan fingerprint density at radius 1 is 0.960 bits per heavy atom. The van der Waals surface area contributed by atoms with Crippen molar-refractivity contribution in [3.8, 4) is 11.3 Å². The summed E-state index contributed by atoms with van der Waals surface area (Å²) in [5.41, 5.74) is 3.25. The van der Waals surface area contributed by atoms with Crippen LogP contribution >= 0.6 is 0 Å². The second-order valence-electron chi connectivity index (χ2n) is 6.37. The highest BCUT2D eigenvalue weighted by Gasteiger charge is 2.18. The molecule has 6 heteroatoms. The Balaban J connectivity index is 1.79. The van der Waals surface area contributed by atoms with Crippen LogP contribution in [0.4, 0.5) is 8.78 Å². The number of imidazole rings is 1. The zero-order chi connectivity index (χ0) is 17.2. The smallest absolute Gasteiger partial charge is 0.139 e. The quantitative estimate of drug-likeness (QED) is 0.794. The van der Waals surface area contributed by atoms with Gasteiger partial charge < -0.3 is 5.32 Å². The molecule has 0 unspecified atom stereocenters. The number of pyridine rings is 1. The molecule has 1 aromatic carbocycles. The molecule has 1 N–H and O–H groups in total. The van der Waals surface area contributed by atoms with E-state index in [1.807, 2.05) is 4.40 Å². The van der Waals surface area contributed by atoms with E-state index < -0.39 is 0 Å². The molecule has 1 saturated heterocycles. The molecule has 130 valence electrons. The van der Waals surface area contributed by atoms with Crippen molar-refractivity contribution in [2.75, 3.05) is 26.2 Å². The molecule has 0 saturated carbocycles. The van der Waals surface area contributed by atoms with E-state index in [0.717, 1.165) is 49.6 Å². The van der Waals surface area contributed by atoms with Crippen molar-refractivity contribution >= 4 is 5.65 Å². The van der Waals surface area contributed by atoms with E-state index in [9.17, 15) is 8.78 Å². The van der Waals surface area contributed by atoms with Gasteiger partial charge >= 0.3 is 0 Å². The summed E-state index contributed by atoms with van der Waals surface area (Å²) in [5, 5.41) is 3.39. The molecule has 1 aliphatic rings. The molecular formula is C19H20F2N4. The average Bonchev–Trinajstić information content (AvgIpc) is 2.79. The number of hydrogen-bond acceptors (Lipinski definition) is 3. The first-order valence-electron chi connectivity index (χ1n) is 8.56. The molecule has 0 amide bonds. The molecule has 0 bridgehead atoms. The Hall–Kier alpha value is -2.31. The molecule has 4 nitrogen and oxygen atoms in total. The van der Waals surface area contributed by atoms with Gasteiger partial charge in [0.25, 0.3) is 0 Å². The predicted octanol–water partition coefficient (Wildman–Crippen LogP) is 3.07. The lowest BCUT2D eigenvalue weighted by atomic mass is 10.1. The van der Waals surface area contributed by atoms with Crippen molar-refractivity contribution in [3.63, 3.8) is 0 Å². The number of nitrogens with zero attached hydrogens (tertiary/aromatic N) is 3. The van der Waals surface area contributed by atoms with Crippen LogP contribution in [0.1, 0.15) is 12.1 Å². The second kappa shape index (κ2) is 6.90. The van der Waals surface area contributed by atoms with Crippen molar-refractivity contribution in [3.05, 3.63) is 59.9 Å². The first kappa shape index (κ1) is 16.2. The van der Waals surface area contributed by atoms with E-state index in [0.29, 0.717) is 12.2 Å². The molecule has 3 heterocycles. The minimum absolute atomic E-state index is 0.279. The predicted molar refractivity (Wildman–Crippen MR) is 93.3 cm³/mol.